The van der Waals surface area contributed by atoms with Crippen molar-refractivity contribution in [3.8, 4) is 0 Å². The van der Waals surface area contributed by atoms with Crippen molar-refractivity contribution in [3.63, 3.8) is 0 Å². The van der Waals surface area contributed by atoms with E-state index >= 15 is 0 Å². The zero-order chi connectivity index (χ0) is 16.8. The number of hydrogen-bond acceptors (Lipinski definition) is 4. The lowest BCUT2D eigenvalue weighted by molar-refractivity contribution is -0.127. The van der Waals surface area contributed by atoms with E-state index in [1.54, 1.807) is 0 Å². The number of carbonyl (C=O) groups is 1. The summed E-state index contributed by atoms with van der Waals surface area (Å²) in [6, 6.07) is 10.4. The molecule has 1 atom stereocenters. The van der Waals surface area contributed by atoms with E-state index in [0.29, 0.717) is 6.04 Å². The summed E-state index contributed by atoms with van der Waals surface area (Å²) >= 11 is 0. The van der Waals surface area contributed by atoms with Crippen molar-refractivity contribution in [3.05, 3.63) is 35.9 Å². The van der Waals surface area contributed by atoms with Gasteiger partial charge in [-0.05, 0) is 25.3 Å². The van der Waals surface area contributed by atoms with Gasteiger partial charge in [0.2, 0.25) is 5.91 Å². The monoisotopic (exact) mass is 331 g/mol. The second-order valence-electron chi connectivity index (χ2n) is 6.67. The second-order valence-corrected chi connectivity index (χ2v) is 6.67. The van der Waals surface area contributed by atoms with E-state index in [2.05, 4.69) is 27.2 Å². The minimum Gasteiger partial charge on any atom is -0.380 e. The molecular formula is C19H29N3O2. The van der Waals surface area contributed by atoms with Crippen molar-refractivity contribution in [2.24, 2.45) is 0 Å². The third-order valence-corrected chi connectivity index (χ3v) is 4.82. The summed E-state index contributed by atoms with van der Waals surface area (Å²) in [5.74, 6) is 0.159. The molecule has 1 amide bonds. The summed E-state index contributed by atoms with van der Waals surface area (Å²) in [6.07, 6.45) is 2.25. The predicted molar refractivity (Wildman–Crippen MR) is 94.9 cm³/mol. The Morgan fingerprint density at radius 2 is 1.92 bits per heavy atom. The summed E-state index contributed by atoms with van der Waals surface area (Å²) in [4.78, 5) is 17.5. The number of piperazine rings is 1. The molecule has 1 aliphatic carbocycles. The van der Waals surface area contributed by atoms with Crippen LogP contribution in [0.25, 0.3) is 0 Å². The van der Waals surface area contributed by atoms with E-state index in [-0.39, 0.29) is 11.9 Å². The van der Waals surface area contributed by atoms with Crippen molar-refractivity contribution in [1.29, 1.82) is 0 Å². The molecule has 1 N–H and O–H groups in total. The second kappa shape index (κ2) is 8.60. The van der Waals surface area contributed by atoms with Crippen LogP contribution in [0.5, 0.6) is 0 Å². The van der Waals surface area contributed by atoms with Gasteiger partial charge in [-0.3, -0.25) is 14.6 Å². The van der Waals surface area contributed by atoms with Crippen LogP contribution in [0.4, 0.5) is 0 Å². The standard InChI is InChI=1S/C19H29N3O2/c1-2-24-15-14-21-10-12-22(13-11-21)18(16-6-4-3-5-7-16)19(23)20-17-8-9-17/h3-7,17-18H,2,8-15H2,1H3,(H,20,23). The molecule has 1 aliphatic heterocycles. The molecule has 5 heteroatoms. The van der Waals surface area contributed by atoms with Gasteiger partial charge >= 0.3 is 0 Å². The Labute approximate surface area is 145 Å². The van der Waals surface area contributed by atoms with Crippen LogP contribution in [0.3, 0.4) is 0 Å². The smallest absolute Gasteiger partial charge is 0.242 e. The van der Waals surface area contributed by atoms with Gasteiger partial charge in [0.25, 0.3) is 0 Å². The Hall–Kier alpha value is -1.43. The molecule has 0 spiro atoms. The van der Waals surface area contributed by atoms with Crippen molar-refractivity contribution in [2.75, 3.05) is 45.9 Å². The van der Waals surface area contributed by atoms with E-state index in [0.717, 1.165) is 64.3 Å². The van der Waals surface area contributed by atoms with Crippen LogP contribution in [0.2, 0.25) is 0 Å². The fourth-order valence-corrected chi connectivity index (χ4v) is 3.25. The summed E-state index contributed by atoms with van der Waals surface area (Å²) in [5.41, 5.74) is 1.10. The topological polar surface area (TPSA) is 44.8 Å². The lowest BCUT2D eigenvalue weighted by atomic mass is 10.0. The third kappa shape index (κ3) is 4.79. The van der Waals surface area contributed by atoms with Gasteiger partial charge in [0.15, 0.2) is 0 Å². The molecule has 3 rings (SSSR count). The molecule has 2 fully saturated rings. The maximum absolute atomic E-state index is 12.8. The fraction of sp³-hybridized carbons (Fsp3) is 0.632. The highest BCUT2D eigenvalue weighted by Gasteiger charge is 2.33. The Kier molecular flexibility index (Phi) is 6.24. The van der Waals surface area contributed by atoms with Crippen LogP contribution in [0.1, 0.15) is 31.4 Å². The van der Waals surface area contributed by atoms with Gasteiger partial charge in [0, 0.05) is 45.4 Å². The number of amides is 1. The Morgan fingerprint density at radius 1 is 1.21 bits per heavy atom. The molecule has 1 saturated carbocycles. The molecule has 1 saturated heterocycles. The molecule has 5 nitrogen and oxygen atoms in total. The van der Waals surface area contributed by atoms with E-state index in [1.807, 2.05) is 25.1 Å². The Morgan fingerprint density at radius 3 is 2.54 bits per heavy atom. The van der Waals surface area contributed by atoms with E-state index in [4.69, 9.17) is 4.74 Å². The first-order chi connectivity index (χ1) is 11.8. The van der Waals surface area contributed by atoms with Gasteiger partial charge in [0.05, 0.1) is 6.61 Å². The highest BCUT2D eigenvalue weighted by atomic mass is 16.5. The van der Waals surface area contributed by atoms with Gasteiger partial charge in [-0.2, -0.15) is 0 Å². The number of hydrogen-bond donors (Lipinski definition) is 1. The summed E-state index contributed by atoms with van der Waals surface area (Å²) in [5, 5.41) is 3.19. The summed E-state index contributed by atoms with van der Waals surface area (Å²) in [7, 11) is 0. The maximum Gasteiger partial charge on any atom is 0.242 e. The number of benzene rings is 1. The molecule has 132 valence electrons. The van der Waals surface area contributed by atoms with E-state index in [1.165, 1.54) is 0 Å². The lowest BCUT2D eigenvalue weighted by Crippen LogP contribution is -2.51. The molecule has 1 aromatic carbocycles. The van der Waals surface area contributed by atoms with Gasteiger partial charge < -0.3 is 10.1 Å². The van der Waals surface area contributed by atoms with Crippen LogP contribution < -0.4 is 5.32 Å². The van der Waals surface area contributed by atoms with Crippen molar-refractivity contribution in [1.82, 2.24) is 15.1 Å². The molecule has 1 unspecified atom stereocenters. The van der Waals surface area contributed by atoms with Crippen LogP contribution in [-0.2, 0) is 9.53 Å². The minimum absolute atomic E-state index is 0.159. The zero-order valence-electron chi connectivity index (χ0n) is 14.6. The average molecular weight is 331 g/mol. The van der Waals surface area contributed by atoms with E-state index < -0.39 is 0 Å². The van der Waals surface area contributed by atoms with Gasteiger partial charge in [-0.25, -0.2) is 0 Å². The number of carbonyl (C=O) groups excluding carboxylic acids is 1. The molecule has 24 heavy (non-hydrogen) atoms. The fourth-order valence-electron chi connectivity index (χ4n) is 3.25. The number of nitrogens with one attached hydrogen (secondary N) is 1. The third-order valence-electron chi connectivity index (χ3n) is 4.82. The highest BCUT2D eigenvalue weighted by molar-refractivity contribution is 5.83. The maximum atomic E-state index is 12.8. The highest BCUT2D eigenvalue weighted by Crippen LogP contribution is 2.25. The van der Waals surface area contributed by atoms with Gasteiger partial charge in [-0.1, -0.05) is 30.3 Å². The largest absolute Gasteiger partial charge is 0.380 e. The molecule has 0 aromatic heterocycles. The van der Waals surface area contributed by atoms with Crippen LogP contribution >= 0.6 is 0 Å². The molecular weight excluding hydrogens is 302 g/mol. The number of rotatable bonds is 8. The zero-order valence-corrected chi connectivity index (χ0v) is 14.6. The first-order valence-electron chi connectivity index (χ1n) is 9.17. The normalized spacial score (nSPS) is 20.7. The number of ether oxygens (including phenoxy) is 1. The minimum atomic E-state index is -0.166. The van der Waals surface area contributed by atoms with Crippen LogP contribution in [0, 0.1) is 0 Å². The van der Waals surface area contributed by atoms with Crippen LogP contribution in [-0.4, -0.2) is 67.7 Å². The quantitative estimate of drug-likeness (QED) is 0.736. The van der Waals surface area contributed by atoms with E-state index in [9.17, 15) is 4.79 Å². The van der Waals surface area contributed by atoms with Crippen molar-refractivity contribution >= 4 is 5.91 Å². The average Bonchev–Trinajstić information content (AvgIpc) is 3.42. The molecule has 0 radical (unpaired) electrons. The molecule has 1 aromatic rings. The molecule has 1 heterocycles. The van der Waals surface area contributed by atoms with Gasteiger partial charge in [0.1, 0.15) is 6.04 Å². The first-order valence-corrected chi connectivity index (χ1v) is 9.17. The Balaban J connectivity index is 1.60. The Bertz CT molecular complexity index is 511. The molecule has 2 aliphatic rings. The van der Waals surface area contributed by atoms with Crippen molar-refractivity contribution in [2.45, 2.75) is 31.8 Å². The predicted octanol–water partition coefficient (Wildman–Crippen LogP) is 1.66. The number of nitrogens with zero attached hydrogens (tertiary/aromatic N) is 2. The van der Waals surface area contributed by atoms with Crippen LogP contribution in [0.15, 0.2) is 30.3 Å². The first kappa shape index (κ1) is 17.4. The van der Waals surface area contributed by atoms with Gasteiger partial charge in [-0.15, -0.1) is 0 Å². The summed E-state index contributed by atoms with van der Waals surface area (Å²) < 4.78 is 5.45. The summed E-state index contributed by atoms with van der Waals surface area (Å²) in [6.45, 7) is 8.40. The van der Waals surface area contributed by atoms with Crippen molar-refractivity contribution < 1.29 is 9.53 Å². The SMILES string of the molecule is CCOCCN1CCN(C(C(=O)NC2CC2)c2ccccc2)CC1. The molecule has 0 bridgehead atoms. The lowest BCUT2D eigenvalue weighted by Gasteiger charge is -2.38.